The van der Waals surface area contributed by atoms with Gasteiger partial charge in [0.15, 0.2) is 0 Å². The number of imidazole rings is 1. The highest BCUT2D eigenvalue weighted by Gasteiger charge is 2.06. The van der Waals surface area contributed by atoms with E-state index in [4.69, 9.17) is 0 Å². The fourth-order valence-electron chi connectivity index (χ4n) is 2.16. The third-order valence-corrected chi connectivity index (χ3v) is 3.04. The molecule has 102 valence electrons. The molecule has 19 heavy (non-hydrogen) atoms. The molecule has 2 rings (SSSR count). The molecule has 0 atom stereocenters. The molecular formula is C15H22N4. The van der Waals surface area contributed by atoms with Crippen molar-refractivity contribution in [1.29, 1.82) is 0 Å². The van der Waals surface area contributed by atoms with Gasteiger partial charge >= 0.3 is 0 Å². The quantitative estimate of drug-likeness (QED) is 0.810. The van der Waals surface area contributed by atoms with E-state index in [1.807, 2.05) is 19.3 Å². The highest BCUT2D eigenvalue weighted by Crippen LogP contribution is 2.12. The smallest absolute Gasteiger partial charge is 0.138 e. The van der Waals surface area contributed by atoms with Crippen LogP contribution in [0.1, 0.15) is 37.4 Å². The molecule has 0 fully saturated rings. The summed E-state index contributed by atoms with van der Waals surface area (Å²) < 4.78 is 2.07. The Morgan fingerprint density at radius 2 is 2.11 bits per heavy atom. The largest absolute Gasteiger partial charge is 0.313 e. The van der Waals surface area contributed by atoms with E-state index in [1.165, 1.54) is 5.56 Å². The van der Waals surface area contributed by atoms with Gasteiger partial charge in [-0.05, 0) is 37.6 Å². The van der Waals surface area contributed by atoms with Gasteiger partial charge < -0.3 is 5.32 Å². The monoisotopic (exact) mass is 258 g/mol. The van der Waals surface area contributed by atoms with Crippen LogP contribution < -0.4 is 5.32 Å². The molecule has 2 heterocycles. The van der Waals surface area contributed by atoms with Gasteiger partial charge in [0.2, 0.25) is 0 Å². The van der Waals surface area contributed by atoms with Crippen LogP contribution in [0.4, 0.5) is 0 Å². The molecule has 0 saturated carbocycles. The molecule has 0 aliphatic rings. The molecule has 4 nitrogen and oxygen atoms in total. The van der Waals surface area contributed by atoms with E-state index >= 15 is 0 Å². The van der Waals surface area contributed by atoms with Crippen molar-refractivity contribution in [3.05, 3.63) is 41.6 Å². The lowest BCUT2D eigenvalue weighted by Crippen LogP contribution is -2.14. The number of pyridine rings is 1. The van der Waals surface area contributed by atoms with Gasteiger partial charge in [0.25, 0.3) is 0 Å². The van der Waals surface area contributed by atoms with Gasteiger partial charge in [-0.1, -0.05) is 13.8 Å². The summed E-state index contributed by atoms with van der Waals surface area (Å²) in [6.07, 6.45) is 5.87. The maximum absolute atomic E-state index is 4.61. The number of rotatable bonds is 6. The SMILES string of the molecule is CCCNCc1cc(C)nc(-n2ccnc2CC)c1. The van der Waals surface area contributed by atoms with Crippen LogP contribution in [0.5, 0.6) is 0 Å². The Hall–Kier alpha value is -1.68. The van der Waals surface area contributed by atoms with Crippen molar-refractivity contribution in [3.8, 4) is 5.82 Å². The summed E-state index contributed by atoms with van der Waals surface area (Å²) in [6, 6.07) is 4.27. The number of aromatic nitrogens is 3. The van der Waals surface area contributed by atoms with Crippen molar-refractivity contribution in [1.82, 2.24) is 19.9 Å². The van der Waals surface area contributed by atoms with Crippen LogP contribution in [0.15, 0.2) is 24.5 Å². The zero-order valence-corrected chi connectivity index (χ0v) is 12.0. The van der Waals surface area contributed by atoms with E-state index in [9.17, 15) is 0 Å². The minimum atomic E-state index is 0.889. The molecule has 0 aromatic carbocycles. The summed E-state index contributed by atoms with van der Waals surface area (Å²) in [4.78, 5) is 8.96. The summed E-state index contributed by atoms with van der Waals surface area (Å²) in [5, 5.41) is 3.43. The molecule has 2 aromatic heterocycles. The van der Waals surface area contributed by atoms with Crippen molar-refractivity contribution in [2.45, 2.75) is 40.2 Å². The summed E-state index contributed by atoms with van der Waals surface area (Å²) in [6.45, 7) is 8.26. The maximum atomic E-state index is 4.61. The summed E-state index contributed by atoms with van der Waals surface area (Å²) in [5.41, 5.74) is 2.31. The predicted molar refractivity (Wildman–Crippen MR) is 77.5 cm³/mol. The Labute approximate surface area is 114 Å². The number of aryl methyl sites for hydroxylation is 2. The lowest BCUT2D eigenvalue weighted by atomic mass is 10.2. The Bertz CT molecular complexity index is 531. The van der Waals surface area contributed by atoms with Crippen LogP contribution in [-0.4, -0.2) is 21.1 Å². The van der Waals surface area contributed by atoms with Crippen LogP contribution >= 0.6 is 0 Å². The number of nitrogens with zero attached hydrogens (tertiary/aromatic N) is 3. The summed E-state index contributed by atoms with van der Waals surface area (Å²) >= 11 is 0. The molecule has 0 aliphatic heterocycles. The van der Waals surface area contributed by atoms with Gasteiger partial charge in [0.1, 0.15) is 11.6 Å². The normalized spacial score (nSPS) is 10.9. The Morgan fingerprint density at radius 3 is 2.84 bits per heavy atom. The van der Waals surface area contributed by atoms with Crippen LogP contribution in [0, 0.1) is 6.92 Å². The highest BCUT2D eigenvalue weighted by atomic mass is 15.1. The van der Waals surface area contributed by atoms with Crippen LogP contribution in [-0.2, 0) is 13.0 Å². The Balaban J connectivity index is 2.26. The average Bonchev–Trinajstić information content (AvgIpc) is 2.86. The van der Waals surface area contributed by atoms with Gasteiger partial charge in [-0.15, -0.1) is 0 Å². The Morgan fingerprint density at radius 1 is 1.26 bits per heavy atom. The van der Waals surface area contributed by atoms with Gasteiger partial charge in [-0.25, -0.2) is 9.97 Å². The summed E-state index contributed by atoms with van der Waals surface area (Å²) in [5.74, 6) is 2.01. The lowest BCUT2D eigenvalue weighted by Gasteiger charge is -2.10. The van der Waals surface area contributed by atoms with E-state index in [0.717, 1.165) is 43.3 Å². The van der Waals surface area contributed by atoms with Crippen molar-refractivity contribution in [2.24, 2.45) is 0 Å². The van der Waals surface area contributed by atoms with Gasteiger partial charge in [0, 0.05) is 31.1 Å². The second-order valence-corrected chi connectivity index (χ2v) is 4.72. The molecular weight excluding hydrogens is 236 g/mol. The molecule has 4 heteroatoms. The maximum Gasteiger partial charge on any atom is 0.138 e. The van der Waals surface area contributed by atoms with Crippen LogP contribution in [0.25, 0.3) is 5.82 Å². The number of hydrogen-bond donors (Lipinski definition) is 1. The fourth-order valence-corrected chi connectivity index (χ4v) is 2.16. The third kappa shape index (κ3) is 3.41. The first-order chi connectivity index (χ1) is 9.24. The van der Waals surface area contributed by atoms with Gasteiger partial charge in [-0.2, -0.15) is 0 Å². The van der Waals surface area contributed by atoms with E-state index in [1.54, 1.807) is 0 Å². The Kier molecular flexibility index (Phi) is 4.68. The topological polar surface area (TPSA) is 42.7 Å². The average molecular weight is 258 g/mol. The number of hydrogen-bond acceptors (Lipinski definition) is 3. The van der Waals surface area contributed by atoms with Crippen molar-refractivity contribution in [2.75, 3.05) is 6.54 Å². The molecule has 0 spiro atoms. The van der Waals surface area contributed by atoms with E-state index in [-0.39, 0.29) is 0 Å². The molecule has 2 aromatic rings. The van der Waals surface area contributed by atoms with Crippen LogP contribution in [0.3, 0.4) is 0 Å². The molecule has 0 aliphatic carbocycles. The molecule has 1 N–H and O–H groups in total. The number of nitrogens with one attached hydrogen (secondary N) is 1. The molecule has 0 unspecified atom stereocenters. The van der Waals surface area contributed by atoms with Gasteiger partial charge in [0.05, 0.1) is 0 Å². The van der Waals surface area contributed by atoms with Crippen molar-refractivity contribution < 1.29 is 0 Å². The lowest BCUT2D eigenvalue weighted by molar-refractivity contribution is 0.673. The third-order valence-electron chi connectivity index (χ3n) is 3.04. The molecule has 0 bridgehead atoms. The van der Waals surface area contributed by atoms with E-state index < -0.39 is 0 Å². The zero-order valence-electron chi connectivity index (χ0n) is 12.0. The first-order valence-electron chi connectivity index (χ1n) is 6.95. The predicted octanol–water partition coefficient (Wildman–Crippen LogP) is 2.64. The first kappa shape index (κ1) is 13.7. The molecule has 0 saturated heterocycles. The van der Waals surface area contributed by atoms with Crippen LogP contribution in [0.2, 0.25) is 0 Å². The van der Waals surface area contributed by atoms with E-state index in [0.29, 0.717) is 0 Å². The summed E-state index contributed by atoms with van der Waals surface area (Å²) in [7, 11) is 0. The fraction of sp³-hybridized carbons (Fsp3) is 0.467. The zero-order chi connectivity index (χ0) is 13.7. The highest BCUT2D eigenvalue weighted by molar-refractivity contribution is 5.32. The van der Waals surface area contributed by atoms with Crippen molar-refractivity contribution in [3.63, 3.8) is 0 Å². The van der Waals surface area contributed by atoms with Gasteiger partial charge in [-0.3, -0.25) is 4.57 Å². The second kappa shape index (κ2) is 6.48. The minimum absolute atomic E-state index is 0.889. The second-order valence-electron chi connectivity index (χ2n) is 4.72. The molecule has 0 amide bonds. The molecule has 0 radical (unpaired) electrons. The minimum Gasteiger partial charge on any atom is -0.313 e. The van der Waals surface area contributed by atoms with Crippen molar-refractivity contribution >= 4 is 0 Å². The van der Waals surface area contributed by atoms with E-state index in [2.05, 4.69) is 45.8 Å². The first-order valence-corrected chi connectivity index (χ1v) is 6.95. The standard InChI is InChI=1S/C15H22N4/c1-4-6-16-11-13-9-12(3)18-15(10-13)19-8-7-17-14(19)5-2/h7-10,16H,4-6,11H2,1-3H3.